The van der Waals surface area contributed by atoms with Crippen molar-refractivity contribution in [1.82, 2.24) is 15.2 Å². The molecule has 2 aromatic rings. The molecular formula is C18H25N3O3S. The molecule has 2 rings (SSSR count). The molecule has 0 radical (unpaired) electrons. The Balaban J connectivity index is 2.13. The molecule has 1 atom stereocenters. The van der Waals surface area contributed by atoms with E-state index < -0.39 is 5.97 Å². The first kappa shape index (κ1) is 19.2. The third-order valence-corrected chi connectivity index (χ3v) is 4.85. The third kappa shape index (κ3) is 4.29. The lowest BCUT2D eigenvalue weighted by Gasteiger charge is -2.24. The summed E-state index contributed by atoms with van der Waals surface area (Å²) in [4.78, 5) is 29.7. The number of H-pyrrole nitrogens is 1. The molecule has 7 heteroatoms. The Morgan fingerprint density at radius 1 is 1.36 bits per heavy atom. The summed E-state index contributed by atoms with van der Waals surface area (Å²) in [5, 5.41) is 7.07. The predicted molar refractivity (Wildman–Crippen MR) is 99.3 cm³/mol. The zero-order valence-corrected chi connectivity index (χ0v) is 16.1. The number of hydrogen-bond donors (Lipinski definition) is 2. The fraction of sp³-hybridized carbons (Fsp3) is 0.444. The van der Waals surface area contributed by atoms with Crippen LogP contribution in [0.5, 0.6) is 0 Å². The molecule has 2 heterocycles. The lowest BCUT2D eigenvalue weighted by molar-refractivity contribution is 0.0525. The molecule has 0 bridgehead atoms. The van der Waals surface area contributed by atoms with E-state index in [2.05, 4.69) is 26.6 Å². The van der Waals surface area contributed by atoms with Crippen molar-refractivity contribution in [1.29, 1.82) is 0 Å². The number of rotatable bonds is 7. The van der Waals surface area contributed by atoms with Gasteiger partial charge in [-0.1, -0.05) is 0 Å². The predicted octanol–water partition coefficient (Wildman–Crippen LogP) is 2.90. The molecule has 0 spiro atoms. The Morgan fingerprint density at radius 3 is 2.64 bits per heavy atom. The second-order valence-corrected chi connectivity index (χ2v) is 6.87. The Hall–Kier alpha value is -2.12. The summed E-state index contributed by atoms with van der Waals surface area (Å²) in [7, 11) is 3.97. The van der Waals surface area contributed by atoms with Crippen LogP contribution in [0.3, 0.4) is 0 Å². The van der Waals surface area contributed by atoms with E-state index in [0.29, 0.717) is 35.7 Å². The molecule has 0 saturated carbocycles. The number of nitrogens with zero attached hydrogens (tertiary/aromatic N) is 1. The van der Waals surface area contributed by atoms with Crippen LogP contribution >= 0.6 is 11.3 Å². The first-order valence-corrected chi connectivity index (χ1v) is 9.14. The van der Waals surface area contributed by atoms with Crippen LogP contribution in [-0.4, -0.2) is 49.0 Å². The van der Waals surface area contributed by atoms with Gasteiger partial charge in [0.1, 0.15) is 5.69 Å². The van der Waals surface area contributed by atoms with E-state index in [0.717, 1.165) is 0 Å². The molecule has 1 unspecified atom stereocenters. The van der Waals surface area contributed by atoms with Crippen molar-refractivity contribution in [3.63, 3.8) is 0 Å². The van der Waals surface area contributed by atoms with Crippen molar-refractivity contribution in [3.05, 3.63) is 44.9 Å². The molecule has 0 aliphatic carbocycles. The van der Waals surface area contributed by atoms with Gasteiger partial charge in [-0.3, -0.25) is 4.79 Å². The second kappa shape index (κ2) is 8.31. The van der Waals surface area contributed by atoms with Crippen LogP contribution < -0.4 is 5.32 Å². The number of ether oxygens (including phenoxy) is 1. The first-order chi connectivity index (χ1) is 11.9. The Morgan fingerprint density at radius 2 is 2.08 bits per heavy atom. The highest BCUT2D eigenvalue weighted by Gasteiger charge is 2.23. The lowest BCUT2D eigenvalue weighted by Crippen LogP contribution is -2.34. The molecule has 136 valence electrons. The lowest BCUT2D eigenvalue weighted by atomic mass is 10.1. The van der Waals surface area contributed by atoms with E-state index in [1.807, 2.05) is 19.5 Å². The zero-order chi connectivity index (χ0) is 18.6. The van der Waals surface area contributed by atoms with E-state index in [9.17, 15) is 9.59 Å². The van der Waals surface area contributed by atoms with Crippen LogP contribution in [0.2, 0.25) is 0 Å². The Kier molecular flexibility index (Phi) is 6.39. The maximum Gasteiger partial charge on any atom is 0.340 e. The Labute approximate surface area is 152 Å². The average molecular weight is 363 g/mol. The van der Waals surface area contributed by atoms with Gasteiger partial charge in [0.2, 0.25) is 0 Å². The van der Waals surface area contributed by atoms with Crippen LogP contribution in [0, 0.1) is 13.8 Å². The van der Waals surface area contributed by atoms with Gasteiger partial charge in [0, 0.05) is 12.2 Å². The number of hydrogen-bond acceptors (Lipinski definition) is 5. The molecule has 0 aliphatic heterocycles. The molecule has 0 saturated heterocycles. The van der Waals surface area contributed by atoms with Crippen molar-refractivity contribution < 1.29 is 14.3 Å². The standard InChI is InChI=1S/C18H25N3O3S/c1-6-24-18(23)15-11(2)16(20-12(15)3)17(22)19-9-14(21(4)5)13-7-8-25-10-13/h7-8,10,14,20H,6,9H2,1-5H3,(H,19,22). The van der Waals surface area contributed by atoms with Gasteiger partial charge in [-0.05, 0) is 62.8 Å². The SMILES string of the molecule is CCOC(=O)c1c(C)[nH]c(C(=O)NCC(c2ccsc2)N(C)C)c1C. The van der Waals surface area contributed by atoms with Crippen LogP contribution in [0.1, 0.15) is 50.6 Å². The highest BCUT2D eigenvalue weighted by molar-refractivity contribution is 7.07. The molecule has 0 fully saturated rings. The fourth-order valence-electron chi connectivity index (χ4n) is 2.83. The van der Waals surface area contributed by atoms with Crippen LogP contribution in [0.4, 0.5) is 0 Å². The fourth-order valence-corrected chi connectivity index (χ4v) is 3.53. The van der Waals surface area contributed by atoms with Gasteiger partial charge in [0.05, 0.1) is 18.2 Å². The molecule has 1 amide bonds. The number of nitrogens with one attached hydrogen (secondary N) is 2. The maximum absolute atomic E-state index is 12.6. The van der Waals surface area contributed by atoms with Crippen LogP contribution in [-0.2, 0) is 4.74 Å². The van der Waals surface area contributed by atoms with Crippen molar-refractivity contribution in [2.75, 3.05) is 27.2 Å². The monoisotopic (exact) mass is 363 g/mol. The molecule has 6 nitrogen and oxygen atoms in total. The summed E-state index contributed by atoms with van der Waals surface area (Å²) >= 11 is 1.63. The molecule has 0 aliphatic rings. The molecule has 0 aromatic carbocycles. The molecule has 25 heavy (non-hydrogen) atoms. The molecule has 2 N–H and O–H groups in total. The second-order valence-electron chi connectivity index (χ2n) is 6.09. The van der Waals surface area contributed by atoms with Gasteiger partial charge in [0.15, 0.2) is 0 Å². The maximum atomic E-state index is 12.6. The van der Waals surface area contributed by atoms with E-state index >= 15 is 0 Å². The van der Waals surface area contributed by atoms with Gasteiger partial charge in [-0.2, -0.15) is 11.3 Å². The summed E-state index contributed by atoms with van der Waals surface area (Å²) in [5.74, 6) is -0.629. The van der Waals surface area contributed by atoms with Crippen molar-refractivity contribution in [2.45, 2.75) is 26.8 Å². The summed E-state index contributed by atoms with van der Waals surface area (Å²) in [6, 6.07) is 2.15. The highest BCUT2D eigenvalue weighted by atomic mass is 32.1. The van der Waals surface area contributed by atoms with Crippen molar-refractivity contribution >= 4 is 23.2 Å². The largest absolute Gasteiger partial charge is 0.462 e. The topological polar surface area (TPSA) is 74.4 Å². The van der Waals surface area contributed by atoms with Crippen LogP contribution in [0.15, 0.2) is 16.8 Å². The molecule has 2 aromatic heterocycles. The Bertz CT molecular complexity index is 735. The summed E-state index contributed by atoms with van der Waals surface area (Å²) in [6.45, 7) is 6.07. The van der Waals surface area contributed by atoms with Gasteiger partial charge < -0.3 is 19.9 Å². The summed E-state index contributed by atoms with van der Waals surface area (Å²) in [5.41, 5.74) is 3.27. The van der Waals surface area contributed by atoms with E-state index in [1.54, 1.807) is 32.1 Å². The number of carbonyl (C=O) groups is 2. The number of aromatic nitrogens is 1. The highest BCUT2D eigenvalue weighted by Crippen LogP contribution is 2.21. The van der Waals surface area contributed by atoms with Gasteiger partial charge in [-0.15, -0.1) is 0 Å². The minimum Gasteiger partial charge on any atom is -0.462 e. The van der Waals surface area contributed by atoms with Crippen LogP contribution in [0.25, 0.3) is 0 Å². The smallest absolute Gasteiger partial charge is 0.340 e. The van der Waals surface area contributed by atoms with Gasteiger partial charge >= 0.3 is 5.97 Å². The minimum atomic E-state index is -0.405. The molecular weight excluding hydrogens is 338 g/mol. The quantitative estimate of drug-likeness (QED) is 0.742. The minimum absolute atomic E-state index is 0.0936. The number of likely N-dealkylation sites (N-methyl/N-ethyl adjacent to an activating group) is 1. The number of carbonyl (C=O) groups excluding carboxylic acids is 2. The third-order valence-electron chi connectivity index (χ3n) is 4.15. The van der Waals surface area contributed by atoms with Gasteiger partial charge in [-0.25, -0.2) is 4.79 Å². The van der Waals surface area contributed by atoms with Gasteiger partial charge in [0.25, 0.3) is 5.91 Å². The average Bonchev–Trinajstić information content (AvgIpc) is 3.15. The summed E-state index contributed by atoms with van der Waals surface area (Å²) < 4.78 is 5.07. The number of thiophene rings is 1. The van der Waals surface area contributed by atoms with Crippen molar-refractivity contribution in [3.8, 4) is 0 Å². The number of aromatic amines is 1. The number of esters is 1. The normalized spacial score (nSPS) is 12.2. The summed E-state index contributed by atoms with van der Waals surface area (Å²) in [6.07, 6.45) is 0. The van der Waals surface area contributed by atoms with E-state index in [4.69, 9.17) is 4.74 Å². The zero-order valence-electron chi connectivity index (χ0n) is 15.3. The first-order valence-electron chi connectivity index (χ1n) is 8.19. The number of aryl methyl sites for hydroxylation is 1. The van der Waals surface area contributed by atoms with E-state index in [-0.39, 0.29) is 11.9 Å². The van der Waals surface area contributed by atoms with Crippen molar-refractivity contribution in [2.24, 2.45) is 0 Å². The number of amides is 1. The van der Waals surface area contributed by atoms with E-state index in [1.165, 1.54) is 5.56 Å².